The van der Waals surface area contributed by atoms with Crippen LogP contribution in [0.5, 0.6) is 0 Å². The molecule has 1 aromatic heterocycles. The zero-order valence-corrected chi connectivity index (χ0v) is 18.9. The van der Waals surface area contributed by atoms with Crippen molar-refractivity contribution in [3.8, 4) is 11.5 Å². The van der Waals surface area contributed by atoms with Crippen LogP contribution in [0.4, 0.5) is 24.5 Å². The topological polar surface area (TPSA) is 97.5 Å². The fourth-order valence-electron chi connectivity index (χ4n) is 3.51. The molecule has 186 valence electrons. The van der Waals surface area contributed by atoms with E-state index in [1.807, 2.05) is 30.3 Å². The molecule has 2 N–H and O–H groups in total. The lowest BCUT2D eigenvalue weighted by molar-refractivity contribution is -0.138. The molecule has 4 aromatic rings. The van der Waals surface area contributed by atoms with Gasteiger partial charge in [0.2, 0.25) is 11.8 Å². The lowest BCUT2D eigenvalue weighted by Gasteiger charge is -2.12. The minimum Gasteiger partial charge on any atom is -0.481 e. The molecule has 1 unspecified atom stereocenters. The highest BCUT2D eigenvalue weighted by atomic mass is 19.4. The van der Waals surface area contributed by atoms with E-state index in [9.17, 15) is 23.1 Å². The van der Waals surface area contributed by atoms with Crippen LogP contribution in [0.1, 0.15) is 29.4 Å². The van der Waals surface area contributed by atoms with Gasteiger partial charge in [-0.25, -0.2) is 0 Å². The van der Waals surface area contributed by atoms with Gasteiger partial charge in [-0.15, -0.1) is 10.2 Å². The number of para-hydroxylation sites is 1. The smallest absolute Gasteiger partial charge is 0.416 e. The van der Waals surface area contributed by atoms with Gasteiger partial charge in [0.25, 0.3) is 0 Å². The van der Waals surface area contributed by atoms with Gasteiger partial charge in [-0.1, -0.05) is 42.5 Å². The van der Waals surface area contributed by atoms with Gasteiger partial charge in [0.1, 0.15) is 0 Å². The zero-order valence-electron chi connectivity index (χ0n) is 18.9. The standard InChI is InChI=1S/C26H22F3N3O4/c27-26(28,29)19-10-12-20(13-11-19)30-22-9-5-4-8-21(22)25-32-31-24(36-25)18(14-23(33)34)16-35-15-17-6-2-1-3-7-17/h1-13,18,30H,14-16H2,(H,33,34). The maximum absolute atomic E-state index is 12.8. The average molecular weight is 497 g/mol. The normalized spacial score (nSPS) is 12.3. The summed E-state index contributed by atoms with van der Waals surface area (Å²) in [5.74, 6) is -1.45. The number of halogens is 3. The van der Waals surface area contributed by atoms with Gasteiger partial charge in [-0.2, -0.15) is 13.2 Å². The maximum Gasteiger partial charge on any atom is 0.416 e. The number of anilines is 2. The van der Waals surface area contributed by atoms with Crippen LogP contribution in [0.25, 0.3) is 11.5 Å². The first-order valence-electron chi connectivity index (χ1n) is 11.0. The Bertz CT molecular complexity index is 1290. The van der Waals surface area contributed by atoms with E-state index in [1.54, 1.807) is 24.3 Å². The van der Waals surface area contributed by atoms with E-state index in [2.05, 4.69) is 15.5 Å². The molecule has 0 radical (unpaired) electrons. The first kappa shape index (κ1) is 24.9. The number of carboxylic acid groups (broad SMARTS) is 1. The molecular formula is C26H22F3N3O4. The van der Waals surface area contributed by atoms with Crippen LogP contribution in [-0.2, 0) is 22.3 Å². The molecule has 3 aromatic carbocycles. The molecule has 7 nitrogen and oxygen atoms in total. The third-order valence-corrected chi connectivity index (χ3v) is 5.29. The molecule has 0 saturated heterocycles. The van der Waals surface area contributed by atoms with Crippen molar-refractivity contribution < 1.29 is 32.2 Å². The number of hydrogen-bond acceptors (Lipinski definition) is 6. The van der Waals surface area contributed by atoms with Crippen molar-refractivity contribution in [1.82, 2.24) is 10.2 Å². The van der Waals surface area contributed by atoms with Crippen LogP contribution in [0.3, 0.4) is 0 Å². The predicted molar refractivity (Wildman–Crippen MR) is 126 cm³/mol. The number of aromatic nitrogens is 2. The Kier molecular flexibility index (Phi) is 7.65. The Balaban J connectivity index is 1.50. The summed E-state index contributed by atoms with van der Waals surface area (Å²) in [6.07, 6.45) is -4.68. The summed E-state index contributed by atoms with van der Waals surface area (Å²) < 4.78 is 50.1. The minimum atomic E-state index is -4.42. The van der Waals surface area contributed by atoms with Crippen molar-refractivity contribution in [3.05, 3.63) is 95.9 Å². The number of carbonyl (C=O) groups is 1. The number of carboxylic acids is 1. The van der Waals surface area contributed by atoms with Crippen LogP contribution < -0.4 is 5.32 Å². The summed E-state index contributed by atoms with van der Waals surface area (Å²) in [7, 11) is 0. The second kappa shape index (κ2) is 11.0. The van der Waals surface area contributed by atoms with Gasteiger partial charge in [0.15, 0.2) is 0 Å². The van der Waals surface area contributed by atoms with Crippen LogP contribution in [0.2, 0.25) is 0 Å². The second-order valence-corrected chi connectivity index (χ2v) is 7.99. The third kappa shape index (κ3) is 6.48. The number of nitrogens with one attached hydrogen (secondary N) is 1. The predicted octanol–water partition coefficient (Wildman–Crippen LogP) is 6.27. The number of nitrogens with zero attached hydrogens (tertiary/aromatic N) is 2. The largest absolute Gasteiger partial charge is 0.481 e. The number of benzene rings is 3. The van der Waals surface area contributed by atoms with Gasteiger partial charge in [0, 0.05) is 5.69 Å². The SMILES string of the molecule is O=C(O)CC(COCc1ccccc1)c1nnc(-c2ccccc2Nc2ccc(C(F)(F)F)cc2)o1. The number of alkyl halides is 3. The van der Waals surface area contributed by atoms with E-state index >= 15 is 0 Å². The lowest BCUT2D eigenvalue weighted by Crippen LogP contribution is -2.13. The van der Waals surface area contributed by atoms with Crippen molar-refractivity contribution in [2.45, 2.75) is 25.1 Å². The fourth-order valence-corrected chi connectivity index (χ4v) is 3.51. The van der Waals surface area contributed by atoms with Crippen LogP contribution in [0.15, 0.2) is 83.3 Å². The van der Waals surface area contributed by atoms with Gasteiger partial charge in [0.05, 0.1) is 42.4 Å². The maximum atomic E-state index is 12.8. The van der Waals surface area contributed by atoms with Crippen molar-refractivity contribution in [3.63, 3.8) is 0 Å². The van der Waals surface area contributed by atoms with E-state index in [0.29, 0.717) is 23.5 Å². The number of ether oxygens (including phenoxy) is 1. The summed E-state index contributed by atoms with van der Waals surface area (Å²) in [4.78, 5) is 11.4. The summed E-state index contributed by atoms with van der Waals surface area (Å²) in [5, 5.41) is 20.5. The van der Waals surface area contributed by atoms with Crippen molar-refractivity contribution in [1.29, 1.82) is 0 Å². The van der Waals surface area contributed by atoms with E-state index in [0.717, 1.165) is 17.7 Å². The van der Waals surface area contributed by atoms with E-state index < -0.39 is 23.6 Å². The summed E-state index contributed by atoms with van der Waals surface area (Å²) in [5.41, 5.74) is 1.68. The quantitative estimate of drug-likeness (QED) is 0.266. The first-order chi connectivity index (χ1) is 17.3. The van der Waals surface area contributed by atoms with Crippen LogP contribution >= 0.6 is 0 Å². The molecule has 1 atom stereocenters. The van der Waals surface area contributed by atoms with Crippen molar-refractivity contribution >= 4 is 17.3 Å². The van der Waals surface area contributed by atoms with Crippen LogP contribution in [0, 0.1) is 0 Å². The molecule has 0 bridgehead atoms. The Labute approximate surface area is 204 Å². The minimum absolute atomic E-state index is 0.0638. The van der Waals surface area contributed by atoms with E-state index in [4.69, 9.17) is 9.15 Å². The van der Waals surface area contributed by atoms with Crippen molar-refractivity contribution in [2.75, 3.05) is 11.9 Å². The highest BCUT2D eigenvalue weighted by molar-refractivity contribution is 5.76. The summed E-state index contributed by atoms with van der Waals surface area (Å²) in [6, 6.07) is 21.0. The molecule has 0 spiro atoms. The summed E-state index contributed by atoms with van der Waals surface area (Å²) >= 11 is 0. The Morgan fingerprint density at radius 3 is 2.36 bits per heavy atom. The van der Waals surface area contributed by atoms with Gasteiger partial charge >= 0.3 is 12.1 Å². The highest BCUT2D eigenvalue weighted by Crippen LogP contribution is 2.33. The molecule has 36 heavy (non-hydrogen) atoms. The molecular weight excluding hydrogens is 475 g/mol. The Morgan fingerprint density at radius 1 is 0.972 bits per heavy atom. The molecule has 0 aliphatic rings. The lowest BCUT2D eigenvalue weighted by atomic mass is 10.1. The number of hydrogen-bond donors (Lipinski definition) is 2. The molecule has 4 rings (SSSR count). The Morgan fingerprint density at radius 2 is 1.67 bits per heavy atom. The molecule has 0 aliphatic carbocycles. The zero-order chi connectivity index (χ0) is 25.5. The van der Waals surface area contributed by atoms with Crippen LogP contribution in [-0.4, -0.2) is 27.9 Å². The van der Waals surface area contributed by atoms with E-state index in [-0.39, 0.29) is 24.8 Å². The van der Waals surface area contributed by atoms with Crippen molar-refractivity contribution in [2.24, 2.45) is 0 Å². The second-order valence-electron chi connectivity index (χ2n) is 7.99. The van der Waals surface area contributed by atoms with Gasteiger partial charge in [-0.05, 0) is 42.0 Å². The van der Waals surface area contributed by atoms with Gasteiger partial charge in [-0.3, -0.25) is 4.79 Å². The molecule has 1 heterocycles. The average Bonchev–Trinajstić information content (AvgIpc) is 3.34. The molecule has 0 aliphatic heterocycles. The molecule has 10 heteroatoms. The monoisotopic (exact) mass is 497 g/mol. The highest BCUT2D eigenvalue weighted by Gasteiger charge is 2.30. The summed E-state index contributed by atoms with van der Waals surface area (Å²) in [6.45, 7) is 0.367. The fraction of sp³-hybridized carbons (Fsp3) is 0.192. The number of aliphatic carboxylic acids is 1. The van der Waals surface area contributed by atoms with Gasteiger partial charge < -0.3 is 19.6 Å². The Hall–Kier alpha value is -4.18. The molecule has 0 saturated carbocycles. The molecule has 0 fully saturated rings. The van der Waals surface area contributed by atoms with E-state index in [1.165, 1.54) is 12.1 Å². The number of rotatable bonds is 10. The molecule has 0 amide bonds. The third-order valence-electron chi connectivity index (χ3n) is 5.29. The first-order valence-corrected chi connectivity index (χ1v) is 11.0.